The Morgan fingerprint density at radius 1 is 1.27 bits per heavy atom. The summed E-state index contributed by atoms with van der Waals surface area (Å²) in [5.74, 6) is 0. The SMILES string of the molecule is CCn1nc(C)c(NC(=O)Nc2cccc3[nH]ccc23)c1C. The minimum atomic E-state index is -0.268. The molecule has 2 amide bonds. The highest BCUT2D eigenvalue weighted by atomic mass is 16.2. The van der Waals surface area contributed by atoms with E-state index >= 15 is 0 Å². The number of carbonyl (C=O) groups excluding carboxylic acids is 1. The van der Waals surface area contributed by atoms with Gasteiger partial charge in [0.2, 0.25) is 0 Å². The normalized spacial score (nSPS) is 10.9. The minimum Gasteiger partial charge on any atom is -0.361 e. The van der Waals surface area contributed by atoms with Crippen LogP contribution in [0.5, 0.6) is 0 Å². The van der Waals surface area contributed by atoms with E-state index in [0.717, 1.165) is 40.2 Å². The molecule has 6 nitrogen and oxygen atoms in total. The quantitative estimate of drug-likeness (QED) is 0.690. The first kappa shape index (κ1) is 14.2. The fourth-order valence-corrected chi connectivity index (χ4v) is 2.65. The Morgan fingerprint density at radius 2 is 2.09 bits per heavy atom. The van der Waals surface area contributed by atoms with E-state index in [9.17, 15) is 4.79 Å². The highest BCUT2D eigenvalue weighted by Gasteiger charge is 2.14. The predicted molar refractivity (Wildman–Crippen MR) is 88.3 cm³/mol. The van der Waals surface area contributed by atoms with Crippen molar-refractivity contribution in [2.24, 2.45) is 0 Å². The molecule has 3 N–H and O–H groups in total. The van der Waals surface area contributed by atoms with Crippen molar-refractivity contribution in [2.45, 2.75) is 27.3 Å². The number of amides is 2. The van der Waals surface area contributed by atoms with Crippen LogP contribution in [0.4, 0.5) is 16.2 Å². The molecule has 0 aliphatic heterocycles. The van der Waals surface area contributed by atoms with Gasteiger partial charge >= 0.3 is 6.03 Å². The number of hydrogen-bond acceptors (Lipinski definition) is 2. The Balaban J connectivity index is 1.81. The third-order valence-electron chi connectivity index (χ3n) is 3.76. The van der Waals surface area contributed by atoms with Gasteiger partial charge in [-0.1, -0.05) is 6.07 Å². The topological polar surface area (TPSA) is 74.7 Å². The lowest BCUT2D eigenvalue weighted by atomic mass is 10.2. The van der Waals surface area contributed by atoms with Gasteiger partial charge in [0, 0.05) is 23.6 Å². The number of urea groups is 1. The highest BCUT2D eigenvalue weighted by Crippen LogP contribution is 2.23. The molecule has 0 unspecified atom stereocenters. The number of rotatable bonds is 3. The molecule has 2 aromatic heterocycles. The van der Waals surface area contributed by atoms with E-state index in [-0.39, 0.29) is 6.03 Å². The molecule has 0 radical (unpaired) electrons. The van der Waals surface area contributed by atoms with E-state index in [1.807, 2.05) is 55.9 Å². The zero-order valence-electron chi connectivity index (χ0n) is 12.9. The molecule has 22 heavy (non-hydrogen) atoms. The molecule has 0 saturated carbocycles. The Bertz CT molecular complexity index is 830. The van der Waals surface area contributed by atoms with Crippen LogP contribution in [0.2, 0.25) is 0 Å². The van der Waals surface area contributed by atoms with Crippen LogP contribution in [0.3, 0.4) is 0 Å². The average molecular weight is 297 g/mol. The van der Waals surface area contributed by atoms with Gasteiger partial charge in [-0.15, -0.1) is 0 Å². The number of nitrogens with zero attached hydrogens (tertiary/aromatic N) is 2. The fourth-order valence-electron chi connectivity index (χ4n) is 2.65. The Kier molecular flexibility index (Phi) is 3.58. The third-order valence-corrected chi connectivity index (χ3v) is 3.76. The van der Waals surface area contributed by atoms with E-state index < -0.39 is 0 Å². The van der Waals surface area contributed by atoms with Crippen molar-refractivity contribution < 1.29 is 4.79 Å². The van der Waals surface area contributed by atoms with Gasteiger partial charge in [0.25, 0.3) is 0 Å². The molecule has 0 aliphatic rings. The number of carbonyl (C=O) groups is 1. The lowest BCUT2D eigenvalue weighted by Crippen LogP contribution is -2.20. The third kappa shape index (κ3) is 2.43. The van der Waals surface area contributed by atoms with E-state index in [1.54, 1.807) is 0 Å². The molecule has 2 heterocycles. The van der Waals surface area contributed by atoms with Crippen molar-refractivity contribution in [1.82, 2.24) is 14.8 Å². The first-order valence-corrected chi connectivity index (χ1v) is 7.28. The number of fused-ring (bicyclic) bond motifs is 1. The highest BCUT2D eigenvalue weighted by molar-refractivity contribution is 6.06. The fraction of sp³-hybridized carbons (Fsp3) is 0.250. The van der Waals surface area contributed by atoms with Gasteiger partial charge in [0.1, 0.15) is 0 Å². The zero-order chi connectivity index (χ0) is 15.7. The van der Waals surface area contributed by atoms with Gasteiger partial charge in [-0.3, -0.25) is 4.68 Å². The molecule has 0 atom stereocenters. The van der Waals surface area contributed by atoms with E-state index in [4.69, 9.17) is 0 Å². The summed E-state index contributed by atoms with van der Waals surface area (Å²) in [6, 6.07) is 7.43. The van der Waals surface area contributed by atoms with Crippen LogP contribution >= 0.6 is 0 Å². The molecular weight excluding hydrogens is 278 g/mol. The summed E-state index contributed by atoms with van der Waals surface area (Å²) in [6.45, 7) is 6.64. The van der Waals surface area contributed by atoms with Crippen LogP contribution in [-0.4, -0.2) is 20.8 Å². The number of aryl methyl sites for hydroxylation is 2. The number of aromatic amines is 1. The van der Waals surface area contributed by atoms with E-state index in [1.165, 1.54) is 0 Å². The van der Waals surface area contributed by atoms with Crippen LogP contribution in [-0.2, 0) is 6.54 Å². The smallest absolute Gasteiger partial charge is 0.323 e. The summed E-state index contributed by atoms with van der Waals surface area (Å²) in [5, 5.41) is 11.2. The second-order valence-corrected chi connectivity index (χ2v) is 5.19. The Morgan fingerprint density at radius 3 is 2.82 bits per heavy atom. The van der Waals surface area contributed by atoms with Crippen LogP contribution < -0.4 is 10.6 Å². The van der Waals surface area contributed by atoms with Gasteiger partial charge in [0.05, 0.1) is 22.8 Å². The van der Waals surface area contributed by atoms with Gasteiger partial charge in [-0.05, 0) is 39.0 Å². The van der Waals surface area contributed by atoms with Crippen LogP contribution in [0.25, 0.3) is 10.9 Å². The zero-order valence-corrected chi connectivity index (χ0v) is 12.9. The maximum atomic E-state index is 12.3. The van der Waals surface area contributed by atoms with E-state index in [2.05, 4.69) is 20.7 Å². The molecule has 0 bridgehead atoms. The number of benzene rings is 1. The summed E-state index contributed by atoms with van der Waals surface area (Å²) < 4.78 is 1.87. The maximum absolute atomic E-state index is 12.3. The molecule has 0 fully saturated rings. The average Bonchev–Trinajstić information content (AvgIpc) is 3.07. The van der Waals surface area contributed by atoms with Crippen molar-refractivity contribution >= 4 is 28.3 Å². The second-order valence-electron chi connectivity index (χ2n) is 5.19. The Hall–Kier alpha value is -2.76. The minimum absolute atomic E-state index is 0.268. The molecule has 6 heteroatoms. The summed E-state index contributed by atoms with van der Waals surface area (Å²) >= 11 is 0. The van der Waals surface area contributed by atoms with Crippen LogP contribution in [0.15, 0.2) is 30.5 Å². The van der Waals surface area contributed by atoms with Gasteiger partial charge in [-0.2, -0.15) is 5.10 Å². The number of aromatic nitrogens is 3. The standard InChI is InChI=1S/C16H19N5O/c1-4-21-11(3)15(10(2)20-21)19-16(22)18-14-7-5-6-13-12(14)8-9-17-13/h5-9,17H,4H2,1-3H3,(H2,18,19,22). The number of nitrogens with one attached hydrogen (secondary N) is 3. The summed E-state index contributed by atoms with van der Waals surface area (Å²) in [5.41, 5.74) is 4.29. The maximum Gasteiger partial charge on any atom is 0.323 e. The predicted octanol–water partition coefficient (Wildman–Crippen LogP) is 3.65. The summed E-state index contributed by atoms with van der Waals surface area (Å²) in [6.07, 6.45) is 1.85. The van der Waals surface area contributed by atoms with Crippen molar-refractivity contribution in [3.63, 3.8) is 0 Å². The first-order chi connectivity index (χ1) is 10.6. The second kappa shape index (κ2) is 5.55. The van der Waals surface area contributed by atoms with Crippen molar-refractivity contribution in [1.29, 1.82) is 0 Å². The molecule has 3 aromatic rings. The summed E-state index contributed by atoms with van der Waals surface area (Å²) in [4.78, 5) is 15.4. The molecule has 114 valence electrons. The molecule has 1 aromatic carbocycles. The number of hydrogen-bond donors (Lipinski definition) is 3. The van der Waals surface area contributed by atoms with E-state index in [0.29, 0.717) is 0 Å². The molecule has 0 saturated heterocycles. The molecule has 0 aliphatic carbocycles. The van der Waals surface area contributed by atoms with Gasteiger partial charge < -0.3 is 15.6 Å². The monoisotopic (exact) mass is 297 g/mol. The number of H-pyrrole nitrogens is 1. The van der Waals surface area contributed by atoms with Crippen molar-refractivity contribution in [3.05, 3.63) is 41.9 Å². The van der Waals surface area contributed by atoms with Crippen molar-refractivity contribution in [2.75, 3.05) is 10.6 Å². The summed E-state index contributed by atoms with van der Waals surface area (Å²) in [7, 11) is 0. The van der Waals surface area contributed by atoms with Gasteiger partial charge in [0.15, 0.2) is 0 Å². The van der Waals surface area contributed by atoms with Crippen LogP contribution in [0, 0.1) is 13.8 Å². The molecule has 3 rings (SSSR count). The Labute approximate surface area is 128 Å². The molecule has 0 spiro atoms. The largest absolute Gasteiger partial charge is 0.361 e. The first-order valence-electron chi connectivity index (χ1n) is 7.28. The van der Waals surface area contributed by atoms with Crippen molar-refractivity contribution in [3.8, 4) is 0 Å². The molecular formula is C16H19N5O. The lowest BCUT2D eigenvalue weighted by molar-refractivity contribution is 0.262. The van der Waals surface area contributed by atoms with Crippen LogP contribution in [0.1, 0.15) is 18.3 Å². The van der Waals surface area contributed by atoms with Gasteiger partial charge in [-0.25, -0.2) is 4.79 Å². The lowest BCUT2D eigenvalue weighted by Gasteiger charge is -2.09. The number of anilines is 2.